The van der Waals surface area contributed by atoms with Gasteiger partial charge in [-0.25, -0.2) is 4.79 Å². The number of hydrogen-bond acceptors (Lipinski definition) is 9. The molecule has 4 aliphatic rings. The van der Waals surface area contributed by atoms with E-state index in [9.17, 15) is 31.9 Å². The standard InChI is InChI=1S/C24H19F4N3O8/c25-23(26)35-15-3-1-13(11-17(15)37-23)21(14-2-4-16-18(12-14)38-24(27,28)36-16)29-7-9-30(10-8-29)22(34)39-31-19(32)5-6-20(31)33/h1-4,11-12,21H,5-10H2. The Morgan fingerprint density at radius 3 is 1.69 bits per heavy atom. The monoisotopic (exact) mass is 553 g/mol. The first-order chi connectivity index (χ1) is 18.5. The number of amides is 3. The molecule has 0 N–H and O–H groups in total. The molecular weight excluding hydrogens is 534 g/mol. The maximum absolute atomic E-state index is 13.6. The molecule has 0 aromatic heterocycles. The van der Waals surface area contributed by atoms with Crippen LogP contribution in [-0.2, 0) is 14.4 Å². The van der Waals surface area contributed by atoms with Crippen molar-refractivity contribution < 1.29 is 55.7 Å². The predicted octanol–water partition coefficient (Wildman–Crippen LogP) is 3.24. The number of benzene rings is 2. The van der Waals surface area contributed by atoms with Crippen molar-refractivity contribution in [3.8, 4) is 23.0 Å². The number of carbonyl (C=O) groups excluding carboxylic acids is 3. The summed E-state index contributed by atoms with van der Waals surface area (Å²) in [6, 6.07) is 7.78. The highest BCUT2D eigenvalue weighted by Gasteiger charge is 2.45. The van der Waals surface area contributed by atoms with Crippen molar-refractivity contribution in [3.63, 3.8) is 0 Å². The van der Waals surface area contributed by atoms with E-state index in [1.165, 1.54) is 29.2 Å². The zero-order valence-corrected chi connectivity index (χ0v) is 19.9. The van der Waals surface area contributed by atoms with Crippen molar-refractivity contribution in [2.75, 3.05) is 26.2 Å². The zero-order valence-electron chi connectivity index (χ0n) is 19.9. The van der Waals surface area contributed by atoms with Crippen molar-refractivity contribution in [2.45, 2.75) is 31.5 Å². The van der Waals surface area contributed by atoms with Crippen LogP contribution in [0, 0.1) is 0 Å². The minimum atomic E-state index is -3.83. The molecule has 0 atom stereocenters. The molecule has 0 unspecified atom stereocenters. The molecule has 6 rings (SSSR count). The molecule has 39 heavy (non-hydrogen) atoms. The molecule has 4 aliphatic heterocycles. The predicted molar refractivity (Wildman–Crippen MR) is 118 cm³/mol. The Labute approximate surface area is 217 Å². The van der Waals surface area contributed by atoms with Crippen molar-refractivity contribution in [2.24, 2.45) is 0 Å². The van der Waals surface area contributed by atoms with Crippen molar-refractivity contribution >= 4 is 17.9 Å². The molecule has 15 heteroatoms. The summed E-state index contributed by atoms with van der Waals surface area (Å²) in [6.45, 7) is 0.710. The van der Waals surface area contributed by atoms with Gasteiger partial charge in [0.05, 0.1) is 6.04 Å². The van der Waals surface area contributed by atoms with Crippen LogP contribution in [0.25, 0.3) is 0 Å². The third-order valence-electron chi connectivity index (χ3n) is 6.59. The van der Waals surface area contributed by atoms with Crippen LogP contribution < -0.4 is 18.9 Å². The molecular formula is C24H19F4N3O8. The smallest absolute Gasteiger partial charge is 0.395 e. The SMILES string of the molecule is O=C(ON1C(=O)CCC1=O)N1CCN(C(c2ccc3c(c2)OC(F)(F)O3)c2ccc3c(c2)OC(F)(F)O3)CC1. The lowest BCUT2D eigenvalue weighted by Crippen LogP contribution is -2.51. The van der Waals surface area contributed by atoms with Crippen molar-refractivity contribution in [3.05, 3.63) is 47.5 Å². The molecule has 2 aromatic rings. The number of piperazine rings is 1. The molecule has 0 radical (unpaired) electrons. The molecule has 0 aliphatic carbocycles. The van der Waals surface area contributed by atoms with Gasteiger partial charge in [0.15, 0.2) is 23.0 Å². The van der Waals surface area contributed by atoms with Crippen molar-refractivity contribution in [1.29, 1.82) is 0 Å². The van der Waals surface area contributed by atoms with Gasteiger partial charge >= 0.3 is 18.7 Å². The number of imide groups is 1. The van der Waals surface area contributed by atoms with Crippen LogP contribution in [0.5, 0.6) is 23.0 Å². The number of carbonyl (C=O) groups is 3. The Hall–Kier alpha value is -4.27. The Kier molecular flexibility index (Phi) is 5.71. The number of ether oxygens (including phenoxy) is 4. The number of rotatable bonds is 4. The van der Waals surface area contributed by atoms with E-state index in [1.54, 1.807) is 12.1 Å². The molecule has 0 saturated carbocycles. The maximum Gasteiger partial charge on any atom is 0.586 e. The third-order valence-corrected chi connectivity index (χ3v) is 6.59. The summed E-state index contributed by atoms with van der Waals surface area (Å²) in [7, 11) is 0. The van der Waals surface area contributed by atoms with Crippen LogP contribution >= 0.6 is 0 Å². The van der Waals surface area contributed by atoms with E-state index in [2.05, 4.69) is 18.9 Å². The van der Waals surface area contributed by atoms with Crippen LogP contribution in [0.4, 0.5) is 22.4 Å². The molecule has 2 saturated heterocycles. The molecule has 4 heterocycles. The van der Waals surface area contributed by atoms with Gasteiger partial charge in [0.2, 0.25) is 0 Å². The molecule has 2 aromatic carbocycles. The number of fused-ring (bicyclic) bond motifs is 2. The molecule has 206 valence electrons. The lowest BCUT2D eigenvalue weighted by Gasteiger charge is -2.39. The second-order valence-electron chi connectivity index (χ2n) is 9.11. The van der Waals surface area contributed by atoms with E-state index in [0.29, 0.717) is 16.2 Å². The van der Waals surface area contributed by atoms with Gasteiger partial charge < -0.3 is 28.7 Å². The fraction of sp³-hybridized carbons (Fsp3) is 0.375. The topological polar surface area (TPSA) is 107 Å². The molecule has 3 amide bonds. The van der Waals surface area contributed by atoms with Gasteiger partial charge in [0, 0.05) is 39.0 Å². The van der Waals surface area contributed by atoms with Gasteiger partial charge in [-0.3, -0.25) is 14.5 Å². The van der Waals surface area contributed by atoms with Gasteiger partial charge in [0.25, 0.3) is 11.8 Å². The Morgan fingerprint density at radius 1 is 0.744 bits per heavy atom. The van der Waals surface area contributed by atoms with Crippen LogP contribution in [0.1, 0.15) is 30.0 Å². The number of nitrogens with zero attached hydrogens (tertiary/aromatic N) is 3. The van der Waals surface area contributed by atoms with E-state index in [0.717, 1.165) is 0 Å². The van der Waals surface area contributed by atoms with Crippen LogP contribution in [-0.4, -0.2) is 71.5 Å². The van der Waals surface area contributed by atoms with Gasteiger partial charge in [-0.1, -0.05) is 12.1 Å². The number of hydroxylamine groups is 2. The minimum Gasteiger partial charge on any atom is -0.395 e. The highest BCUT2D eigenvalue weighted by atomic mass is 19.3. The highest BCUT2D eigenvalue weighted by Crippen LogP contribution is 2.46. The van der Waals surface area contributed by atoms with E-state index >= 15 is 0 Å². The highest BCUT2D eigenvalue weighted by molar-refractivity contribution is 6.01. The van der Waals surface area contributed by atoms with Gasteiger partial charge in [-0.15, -0.1) is 22.6 Å². The first-order valence-corrected chi connectivity index (χ1v) is 11.8. The fourth-order valence-corrected chi connectivity index (χ4v) is 4.84. The van der Waals surface area contributed by atoms with Crippen molar-refractivity contribution in [1.82, 2.24) is 14.9 Å². The lowest BCUT2D eigenvalue weighted by molar-refractivity contribution is -0.287. The third kappa shape index (κ3) is 4.73. The second-order valence-corrected chi connectivity index (χ2v) is 9.11. The van der Waals surface area contributed by atoms with Gasteiger partial charge in [-0.2, -0.15) is 0 Å². The molecule has 11 nitrogen and oxygen atoms in total. The summed E-state index contributed by atoms with van der Waals surface area (Å²) in [4.78, 5) is 44.3. The number of halogens is 4. The van der Waals surface area contributed by atoms with E-state index in [4.69, 9.17) is 4.84 Å². The summed E-state index contributed by atoms with van der Waals surface area (Å²) in [5.41, 5.74) is 0.954. The number of alkyl halides is 4. The van der Waals surface area contributed by atoms with E-state index in [1.807, 2.05) is 4.90 Å². The molecule has 0 bridgehead atoms. The van der Waals surface area contributed by atoms with Crippen LogP contribution in [0.2, 0.25) is 0 Å². The van der Waals surface area contributed by atoms with Gasteiger partial charge in [-0.05, 0) is 35.4 Å². The Bertz CT molecular complexity index is 1280. The first-order valence-electron chi connectivity index (χ1n) is 11.8. The zero-order chi connectivity index (χ0) is 27.5. The Morgan fingerprint density at radius 2 is 1.21 bits per heavy atom. The minimum absolute atomic E-state index is 0.0372. The fourth-order valence-electron chi connectivity index (χ4n) is 4.84. The summed E-state index contributed by atoms with van der Waals surface area (Å²) in [5, 5.41) is 0.461. The van der Waals surface area contributed by atoms with Crippen LogP contribution in [0.3, 0.4) is 0 Å². The average Bonchev–Trinajstić information content (AvgIpc) is 3.48. The number of hydrogen-bond donors (Lipinski definition) is 0. The summed E-state index contributed by atoms with van der Waals surface area (Å²) < 4.78 is 72.7. The quantitative estimate of drug-likeness (QED) is 0.417. The second kappa shape index (κ2) is 8.90. The van der Waals surface area contributed by atoms with E-state index in [-0.39, 0.29) is 62.0 Å². The van der Waals surface area contributed by atoms with Gasteiger partial charge in [0.1, 0.15) is 0 Å². The summed E-state index contributed by atoms with van der Waals surface area (Å²) >= 11 is 0. The maximum atomic E-state index is 13.6. The largest absolute Gasteiger partial charge is 0.586 e. The molecule has 0 spiro atoms. The van der Waals surface area contributed by atoms with Crippen LogP contribution in [0.15, 0.2) is 36.4 Å². The molecule has 2 fully saturated rings. The average molecular weight is 553 g/mol. The van der Waals surface area contributed by atoms with E-state index < -0.39 is 36.5 Å². The first kappa shape index (κ1) is 25.0. The lowest BCUT2D eigenvalue weighted by atomic mass is 9.95. The summed E-state index contributed by atoms with van der Waals surface area (Å²) in [5.74, 6) is -1.92. The normalized spacial score (nSPS) is 21.2. The summed E-state index contributed by atoms with van der Waals surface area (Å²) in [6.07, 6.45) is -8.60. The Balaban J connectivity index is 1.25.